The molecule has 158 valence electrons. The molecule has 0 fully saturated rings. The summed E-state index contributed by atoms with van der Waals surface area (Å²) >= 11 is 6.00. The fourth-order valence-electron chi connectivity index (χ4n) is 3.25. The number of anilines is 1. The molecule has 7 nitrogen and oxygen atoms in total. The highest BCUT2D eigenvalue weighted by atomic mass is 35.5. The summed E-state index contributed by atoms with van der Waals surface area (Å²) in [6.45, 7) is 4.28. The number of ether oxygens (including phenoxy) is 1. The van der Waals surface area contributed by atoms with Gasteiger partial charge >= 0.3 is 0 Å². The number of amides is 1. The van der Waals surface area contributed by atoms with E-state index in [0.29, 0.717) is 28.5 Å². The van der Waals surface area contributed by atoms with Gasteiger partial charge in [-0.1, -0.05) is 17.7 Å². The molecular formula is C23H21ClN4O3. The number of hydrogen-bond donors (Lipinski definition) is 1. The monoisotopic (exact) mass is 436 g/mol. The van der Waals surface area contributed by atoms with E-state index in [1.165, 1.54) is 9.08 Å². The maximum atomic E-state index is 12.9. The smallest absolute Gasteiger partial charge is 0.277 e. The van der Waals surface area contributed by atoms with Crippen molar-refractivity contribution in [3.05, 3.63) is 81.9 Å². The molecule has 1 amide bonds. The summed E-state index contributed by atoms with van der Waals surface area (Å²) in [6.07, 6.45) is 3.21. The van der Waals surface area contributed by atoms with Gasteiger partial charge in [-0.2, -0.15) is 5.10 Å². The van der Waals surface area contributed by atoms with Gasteiger partial charge in [0.25, 0.3) is 5.56 Å². The van der Waals surface area contributed by atoms with Crippen LogP contribution in [0.3, 0.4) is 0 Å². The predicted molar refractivity (Wildman–Crippen MR) is 121 cm³/mol. The first-order valence-electron chi connectivity index (χ1n) is 9.82. The number of carbonyl (C=O) groups is 1. The van der Waals surface area contributed by atoms with Gasteiger partial charge in [-0.25, -0.2) is 4.52 Å². The number of hydrogen-bond acceptors (Lipinski definition) is 4. The van der Waals surface area contributed by atoms with Crippen LogP contribution in [-0.4, -0.2) is 26.7 Å². The molecule has 0 saturated heterocycles. The first-order valence-corrected chi connectivity index (χ1v) is 10.2. The first kappa shape index (κ1) is 20.7. The van der Waals surface area contributed by atoms with Crippen LogP contribution in [0.1, 0.15) is 12.5 Å². The zero-order valence-corrected chi connectivity index (χ0v) is 17.9. The molecule has 0 spiro atoms. The second-order valence-electron chi connectivity index (χ2n) is 7.06. The highest BCUT2D eigenvalue weighted by Crippen LogP contribution is 2.22. The van der Waals surface area contributed by atoms with Crippen LogP contribution >= 0.6 is 11.6 Å². The van der Waals surface area contributed by atoms with Gasteiger partial charge in [-0.3, -0.25) is 9.59 Å². The van der Waals surface area contributed by atoms with Gasteiger partial charge in [-0.05, 0) is 61.9 Å². The molecule has 0 saturated carbocycles. The van der Waals surface area contributed by atoms with Gasteiger partial charge in [0, 0.05) is 28.7 Å². The Bertz CT molecular complexity index is 1310. The molecule has 1 N–H and O–H groups in total. The maximum absolute atomic E-state index is 12.9. The quantitative estimate of drug-likeness (QED) is 0.492. The number of halogens is 1. The highest BCUT2D eigenvalue weighted by molar-refractivity contribution is 6.31. The molecule has 0 aliphatic carbocycles. The van der Waals surface area contributed by atoms with Gasteiger partial charge in [-0.15, -0.1) is 0 Å². The standard InChI is InChI=1S/C23H21ClN4O3/c1-3-31-18-8-5-16(6-9-18)20-13-21-23(30)27(10-11-28(21)26-20)14-22(29)25-19-12-17(24)7-4-15(19)2/h4-13H,3,14H2,1-2H3,(H,25,29). The number of aryl methyl sites for hydroxylation is 1. The lowest BCUT2D eigenvalue weighted by atomic mass is 10.1. The summed E-state index contributed by atoms with van der Waals surface area (Å²) in [4.78, 5) is 25.4. The zero-order valence-electron chi connectivity index (χ0n) is 17.1. The molecule has 4 rings (SSSR count). The molecule has 0 radical (unpaired) electrons. The molecule has 0 aliphatic heterocycles. The van der Waals surface area contributed by atoms with Crippen LogP contribution in [-0.2, 0) is 11.3 Å². The number of carbonyl (C=O) groups excluding carboxylic acids is 1. The number of aromatic nitrogens is 3. The van der Waals surface area contributed by atoms with Gasteiger partial charge in [0.1, 0.15) is 17.8 Å². The normalized spacial score (nSPS) is 10.9. The van der Waals surface area contributed by atoms with Crippen LogP contribution in [0.5, 0.6) is 5.75 Å². The minimum atomic E-state index is -0.317. The average molecular weight is 437 g/mol. The molecular weight excluding hydrogens is 416 g/mol. The molecule has 0 unspecified atom stereocenters. The van der Waals surface area contributed by atoms with Crippen molar-refractivity contribution in [1.29, 1.82) is 0 Å². The van der Waals surface area contributed by atoms with E-state index < -0.39 is 0 Å². The third kappa shape index (κ3) is 4.46. The zero-order chi connectivity index (χ0) is 22.0. The molecule has 2 aromatic heterocycles. The van der Waals surface area contributed by atoms with Crippen molar-refractivity contribution in [2.45, 2.75) is 20.4 Å². The Labute approximate surface area is 183 Å². The maximum Gasteiger partial charge on any atom is 0.277 e. The van der Waals surface area contributed by atoms with Crippen molar-refractivity contribution in [3.63, 3.8) is 0 Å². The molecule has 0 atom stereocenters. The Kier molecular flexibility index (Phi) is 5.77. The molecule has 2 aromatic carbocycles. The summed E-state index contributed by atoms with van der Waals surface area (Å²) in [5.41, 5.74) is 3.12. The molecule has 31 heavy (non-hydrogen) atoms. The van der Waals surface area contributed by atoms with E-state index in [1.807, 2.05) is 44.2 Å². The van der Waals surface area contributed by atoms with Crippen LogP contribution < -0.4 is 15.6 Å². The number of nitrogens with one attached hydrogen (secondary N) is 1. The molecule has 0 bridgehead atoms. The van der Waals surface area contributed by atoms with E-state index in [1.54, 1.807) is 30.6 Å². The third-order valence-corrected chi connectivity index (χ3v) is 5.09. The van der Waals surface area contributed by atoms with Crippen molar-refractivity contribution >= 4 is 28.7 Å². The summed E-state index contributed by atoms with van der Waals surface area (Å²) in [7, 11) is 0. The van der Waals surface area contributed by atoms with Crippen LogP contribution in [0.4, 0.5) is 5.69 Å². The topological polar surface area (TPSA) is 77.6 Å². The lowest BCUT2D eigenvalue weighted by Crippen LogP contribution is -2.28. The van der Waals surface area contributed by atoms with Crippen LogP contribution in [0.15, 0.2) is 65.7 Å². The van der Waals surface area contributed by atoms with Gasteiger partial charge < -0.3 is 14.6 Å². The van der Waals surface area contributed by atoms with E-state index >= 15 is 0 Å². The Hall–Kier alpha value is -3.58. The summed E-state index contributed by atoms with van der Waals surface area (Å²) < 4.78 is 8.33. The summed E-state index contributed by atoms with van der Waals surface area (Å²) in [5.74, 6) is 0.460. The van der Waals surface area contributed by atoms with Crippen molar-refractivity contribution in [2.75, 3.05) is 11.9 Å². The van der Waals surface area contributed by atoms with Crippen LogP contribution in [0, 0.1) is 6.92 Å². The van der Waals surface area contributed by atoms with Crippen molar-refractivity contribution in [1.82, 2.24) is 14.2 Å². The molecule has 4 aromatic rings. The summed E-state index contributed by atoms with van der Waals surface area (Å²) in [5, 5.41) is 7.81. The third-order valence-electron chi connectivity index (χ3n) is 4.85. The largest absolute Gasteiger partial charge is 0.494 e. The van der Waals surface area contributed by atoms with Gasteiger partial charge in [0.05, 0.1) is 12.3 Å². The van der Waals surface area contributed by atoms with E-state index in [2.05, 4.69) is 10.4 Å². The van der Waals surface area contributed by atoms with Gasteiger partial charge in [0.2, 0.25) is 5.91 Å². The molecule has 2 heterocycles. The Morgan fingerprint density at radius 1 is 1.13 bits per heavy atom. The van der Waals surface area contributed by atoms with E-state index in [4.69, 9.17) is 16.3 Å². The van der Waals surface area contributed by atoms with Crippen LogP contribution in [0.2, 0.25) is 5.02 Å². The minimum Gasteiger partial charge on any atom is -0.494 e. The SMILES string of the molecule is CCOc1ccc(-c2cc3c(=O)n(CC(=O)Nc4cc(Cl)ccc4C)ccn3n2)cc1. The molecule has 8 heteroatoms. The number of rotatable bonds is 6. The Balaban J connectivity index is 1.57. The highest BCUT2D eigenvalue weighted by Gasteiger charge is 2.12. The Morgan fingerprint density at radius 2 is 1.90 bits per heavy atom. The van der Waals surface area contributed by atoms with Gasteiger partial charge in [0.15, 0.2) is 0 Å². The molecule has 0 aliphatic rings. The predicted octanol–water partition coefficient (Wildman–Crippen LogP) is 4.16. The summed E-state index contributed by atoms with van der Waals surface area (Å²) in [6, 6.07) is 14.5. The van der Waals surface area contributed by atoms with Crippen molar-refractivity contribution in [3.8, 4) is 17.0 Å². The average Bonchev–Trinajstić information content (AvgIpc) is 3.19. The lowest BCUT2D eigenvalue weighted by molar-refractivity contribution is -0.116. The second kappa shape index (κ2) is 8.65. The fraction of sp³-hybridized carbons (Fsp3) is 0.174. The minimum absolute atomic E-state index is 0.120. The second-order valence-corrected chi connectivity index (χ2v) is 7.49. The van der Waals surface area contributed by atoms with Crippen molar-refractivity contribution < 1.29 is 9.53 Å². The van der Waals surface area contributed by atoms with Crippen molar-refractivity contribution in [2.24, 2.45) is 0 Å². The fourth-order valence-corrected chi connectivity index (χ4v) is 3.43. The number of benzene rings is 2. The lowest BCUT2D eigenvalue weighted by Gasteiger charge is -2.10. The van der Waals surface area contributed by atoms with E-state index in [9.17, 15) is 9.59 Å². The van der Waals surface area contributed by atoms with E-state index in [0.717, 1.165) is 16.9 Å². The number of nitrogens with zero attached hydrogens (tertiary/aromatic N) is 3. The van der Waals surface area contributed by atoms with E-state index in [-0.39, 0.29) is 18.0 Å². The number of fused-ring (bicyclic) bond motifs is 1. The van der Waals surface area contributed by atoms with Crippen LogP contribution in [0.25, 0.3) is 16.8 Å². The first-order chi connectivity index (χ1) is 14.9. The Morgan fingerprint density at radius 3 is 2.65 bits per heavy atom.